The molecule has 2 atom stereocenters. The number of aromatic nitrogens is 1. The van der Waals surface area contributed by atoms with Gasteiger partial charge in [-0.2, -0.15) is 0 Å². The molecule has 1 amide bonds. The van der Waals surface area contributed by atoms with Gasteiger partial charge in [0, 0.05) is 62.0 Å². The molecule has 8 nitrogen and oxygen atoms in total. The summed E-state index contributed by atoms with van der Waals surface area (Å²) in [6, 6.07) is 14.3. The van der Waals surface area contributed by atoms with E-state index in [-0.39, 0.29) is 18.1 Å². The van der Waals surface area contributed by atoms with Gasteiger partial charge in [-0.05, 0) is 48.2 Å². The molecule has 0 aliphatic carbocycles. The van der Waals surface area contributed by atoms with E-state index < -0.39 is 11.8 Å². The van der Waals surface area contributed by atoms with Crippen LogP contribution in [0.1, 0.15) is 44.0 Å². The normalized spacial score (nSPS) is 20.3. The highest BCUT2D eigenvalue weighted by atomic mass is 19.1. The molecule has 1 unspecified atom stereocenters. The number of hydrogen-bond acceptors (Lipinski definition) is 6. The Labute approximate surface area is 251 Å². The van der Waals surface area contributed by atoms with Crippen molar-refractivity contribution in [2.75, 3.05) is 46.6 Å². The first-order valence-electron chi connectivity index (χ1n) is 15.0. The molecule has 0 N–H and O–H groups in total. The Balaban J connectivity index is 1.39. The quantitative estimate of drug-likeness (QED) is 0.286. The smallest absolute Gasteiger partial charge is 0.339 e. The molecular formula is C34H38FN3O5. The fourth-order valence-electron chi connectivity index (χ4n) is 6.65. The number of hydrogen-bond donors (Lipinski definition) is 0. The molecule has 1 aromatic heterocycles. The van der Waals surface area contributed by atoms with Crippen LogP contribution in [0, 0.1) is 5.82 Å². The van der Waals surface area contributed by atoms with E-state index in [9.17, 15) is 14.0 Å². The van der Waals surface area contributed by atoms with Gasteiger partial charge in [0.15, 0.2) is 0 Å². The number of halogens is 1. The van der Waals surface area contributed by atoms with Crippen LogP contribution in [0.2, 0.25) is 0 Å². The summed E-state index contributed by atoms with van der Waals surface area (Å²) < 4.78 is 33.5. The van der Waals surface area contributed by atoms with Gasteiger partial charge in [-0.1, -0.05) is 30.3 Å². The molecule has 3 aromatic rings. The van der Waals surface area contributed by atoms with Crippen molar-refractivity contribution in [3.8, 4) is 11.3 Å². The van der Waals surface area contributed by atoms with Crippen LogP contribution < -0.4 is 0 Å². The molecule has 0 bridgehead atoms. The first-order chi connectivity index (χ1) is 21.0. The minimum atomic E-state index is -0.470. The molecule has 226 valence electrons. The van der Waals surface area contributed by atoms with Gasteiger partial charge in [-0.15, -0.1) is 6.58 Å². The lowest BCUT2D eigenvalue weighted by molar-refractivity contribution is 0.0193. The summed E-state index contributed by atoms with van der Waals surface area (Å²) in [4.78, 5) is 31.7. The van der Waals surface area contributed by atoms with Crippen LogP contribution >= 0.6 is 0 Å². The molecule has 43 heavy (non-hydrogen) atoms. The van der Waals surface area contributed by atoms with Crippen molar-refractivity contribution in [2.45, 2.75) is 44.5 Å². The molecule has 3 aliphatic rings. The molecule has 6 rings (SSSR count). The fraction of sp³-hybridized carbons (Fsp3) is 0.412. The van der Waals surface area contributed by atoms with Crippen molar-refractivity contribution >= 4 is 11.9 Å². The van der Waals surface area contributed by atoms with E-state index in [0.717, 1.165) is 37.3 Å². The second kappa shape index (κ2) is 12.8. The first kappa shape index (κ1) is 29.3. The zero-order valence-corrected chi connectivity index (χ0v) is 24.6. The van der Waals surface area contributed by atoms with Crippen LogP contribution in [0.3, 0.4) is 0 Å². The van der Waals surface area contributed by atoms with E-state index in [2.05, 4.69) is 23.6 Å². The maximum absolute atomic E-state index is 14.9. The summed E-state index contributed by atoms with van der Waals surface area (Å²) in [5.41, 5.74) is 5.05. The number of amides is 1. The Morgan fingerprint density at radius 2 is 1.84 bits per heavy atom. The molecular weight excluding hydrogens is 549 g/mol. The summed E-state index contributed by atoms with van der Waals surface area (Å²) >= 11 is 0. The Morgan fingerprint density at radius 3 is 2.60 bits per heavy atom. The van der Waals surface area contributed by atoms with Crippen molar-refractivity contribution < 1.29 is 28.2 Å². The number of fused-ring (bicyclic) bond motifs is 2. The van der Waals surface area contributed by atoms with Crippen molar-refractivity contribution in [1.82, 2.24) is 14.4 Å². The molecule has 9 heteroatoms. The summed E-state index contributed by atoms with van der Waals surface area (Å²) in [5, 5.41) is 0. The van der Waals surface area contributed by atoms with Gasteiger partial charge in [0.25, 0.3) is 5.91 Å². The fourth-order valence-corrected chi connectivity index (χ4v) is 6.65. The minimum absolute atomic E-state index is 0.0481. The molecule has 1 saturated heterocycles. The summed E-state index contributed by atoms with van der Waals surface area (Å²) in [5.74, 6) is -1.07. The highest BCUT2D eigenvalue weighted by molar-refractivity contribution is 6.02. The number of rotatable bonds is 8. The van der Waals surface area contributed by atoms with E-state index in [1.807, 2.05) is 21.6 Å². The van der Waals surface area contributed by atoms with Crippen molar-refractivity contribution in [3.05, 3.63) is 95.0 Å². The van der Waals surface area contributed by atoms with Crippen molar-refractivity contribution in [1.29, 1.82) is 0 Å². The Morgan fingerprint density at radius 1 is 1.05 bits per heavy atom. The predicted octanol–water partition coefficient (Wildman–Crippen LogP) is 4.50. The maximum atomic E-state index is 14.9. The predicted molar refractivity (Wildman–Crippen MR) is 160 cm³/mol. The zero-order chi connectivity index (χ0) is 29.9. The summed E-state index contributed by atoms with van der Waals surface area (Å²) in [6.45, 7) is 8.93. The number of nitrogens with zero attached hydrogens (tertiary/aromatic N) is 3. The third-order valence-corrected chi connectivity index (χ3v) is 8.84. The number of esters is 1. The Hall–Kier alpha value is -3.79. The number of ether oxygens (including phenoxy) is 3. The van der Waals surface area contributed by atoms with Crippen molar-refractivity contribution in [2.24, 2.45) is 0 Å². The van der Waals surface area contributed by atoms with Gasteiger partial charge in [-0.3, -0.25) is 9.69 Å². The molecule has 0 radical (unpaired) electrons. The lowest BCUT2D eigenvalue weighted by atomic mass is 9.92. The Kier molecular flexibility index (Phi) is 8.74. The van der Waals surface area contributed by atoms with Crippen molar-refractivity contribution in [3.63, 3.8) is 0 Å². The van der Waals surface area contributed by atoms with Gasteiger partial charge in [-0.25, -0.2) is 9.18 Å². The monoisotopic (exact) mass is 587 g/mol. The number of benzene rings is 2. The summed E-state index contributed by atoms with van der Waals surface area (Å²) in [7, 11) is 1.35. The average molecular weight is 588 g/mol. The highest BCUT2D eigenvalue weighted by Gasteiger charge is 2.35. The SMILES string of the molecule is C=CCOC1CCn2c(-c3cc(F)ccc3C(=O)N3Cc4ccccc4C[C@H]3CN3CCOCC3)cc(C(=O)OC)c2C1. The van der Waals surface area contributed by atoms with Gasteiger partial charge in [0.2, 0.25) is 0 Å². The topological polar surface area (TPSA) is 73.2 Å². The molecule has 1 fully saturated rings. The van der Waals surface area contributed by atoms with E-state index in [0.29, 0.717) is 68.1 Å². The minimum Gasteiger partial charge on any atom is -0.465 e. The van der Waals surface area contributed by atoms with Gasteiger partial charge >= 0.3 is 5.97 Å². The van der Waals surface area contributed by atoms with Crippen LogP contribution in [0.5, 0.6) is 0 Å². The van der Waals surface area contributed by atoms with E-state index in [1.54, 1.807) is 18.2 Å². The van der Waals surface area contributed by atoms with Crippen LogP contribution in [0.15, 0.2) is 61.2 Å². The standard InChI is InChI=1S/C34H38FN3O5/c1-3-14-43-27-10-11-37-31(19-27)30(34(40)41-2)20-32(37)29-18-25(35)8-9-28(29)33(39)38-21-24-7-5-4-6-23(24)17-26(38)22-36-12-15-42-16-13-36/h3-9,18,20,26-27H,1,10-17,19,21-22H2,2H3/t26-,27?/m0/s1. The highest BCUT2D eigenvalue weighted by Crippen LogP contribution is 2.36. The third kappa shape index (κ3) is 6.02. The maximum Gasteiger partial charge on any atom is 0.339 e. The molecule has 0 saturated carbocycles. The lowest BCUT2D eigenvalue weighted by Crippen LogP contribution is -2.52. The second-order valence-electron chi connectivity index (χ2n) is 11.4. The van der Waals surface area contributed by atoms with Gasteiger partial charge in [0.1, 0.15) is 5.82 Å². The van der Waals surface area contributed by atoms with Crippen LogP contribution in [0.25, 0.3) is 11.3 Å². The van der Waals surface area contributed by atoms with Crippen LogP contribution in [-0.4, -0.2) is 85.0 Å². The molecule has 3 aliphatic heterocycles. The zero-order valence-electron chi connectivity index (χ0n) is 24.6. The van der Waals surface area contributed by atoms with Gasteiger partial charge in [0.05, 0.1) is 44.3 Å². The van der Waals surface area contributed by atoms with E-state index >= 15 is 0 Å². The largest absolute Gasteiger partial charge is 0.465 e. The number of morpholine rings is 1. The van der Waals surface area contributed by atoms with Crippen LogP contribution in [-0.2, 0) is 40.1 Å². The first-order valence-corrected chi connectivity index (χ1v) is 15.0. The number of methoxy groups -OCH3 is 1. The molecule has 0 spiro atoms. The van der Waals surface area contributed by atoms with Gasteiger partial charge < -0.3 is 23.7 Å². The lowest BCUT2D eigenvalue weighted by Gasteiger charge is -2.40. The molecule has 4 heterocycles. The average Bonchev–Trinajstić information content (AvgIpc) is 3.42. The summed E-state index contributed by atoms with van der Waals surface area (Å²) in [6.07, 6.45) is 3.58. The second-order valence-corrected chi connectivity index (χ2v) is 11.4. The van der Waals surface area contributed by atoms with Crippen LogP contribution in [0.4, 0.5) is 4.39 Å². The number of carbonyl (C=O) groups excluding carboxylic acids is 2. The third-order valence-electron chi connectivity index (χ3n) is 8.84. The van der Waals surface area contributed by atoms with E-state index in [1.165, 1.54) is 24.8 Å². The molecule has 2 aromatic carbocycles. The number of carbonyl (C=O) groups is 2. The Bertz CT molecular complexity index is 1510. The van der Waals surface area contributed by atoms with E-state index in [4.69, 9.17) is 14.2 Å².